The number of likely N-dealkylation sites (tertiary alicyclic amines) is 1. The molecule has 3 rings (SSSR count). The second-order valence-corrected chi connectivity index (χ2v) is 6.98. The smallest absolute Gasteiger partial charge is 0.402 e. The van der Waals surface area contributed by atoms with Crippen LogP contribution >= 0.6 is 0 Å². The molecule has 0 unspecified atom stereocenters. The zero-order valence-electron chi connectivity index (χ0n) is 15.3. The summed E-state index contributed by atoms with van der Waals surface area (Å²) in [6, 6.07) is 6.95. The molecule has 1 aromatic carbocycles. The summed E-state index contributed by atoms with van der Waals surface area (Å²) in [4.78, 5) is 24.0. The predicted octanol–water partition coefficient (Wildman–Crippen LogP) is 2.63. The molecule has 1 aliphatic heterocycles. The third kappa shape index (κ3) is 4.71. The fourth-order valence-electron chi connectivity index (χ4n) is 3.23. The first-order valence-corrected chi connectivity index (χ1v) is 8.97. The number of carbonyl (C=O) groups is 1. The van der Waals surface area contributed by atoms with Crippen LogP contribution in [0.25, 0.3) is 11.0 Å². The van der Waals surface area contributed by atoms with Crippen LogP contribution in [0.15, 0.2) is 24.3 Å². The monoisotopic (exact) mass is 384 g/mol. The van der Waals surface area contributed by atoms with Gasteiger partial charge in [-0.3, -0.25) is 4.79 Å². The largest absolute Gasteiger partial charge is 0.425 e. The number of para-hydroxylation sites is 2. The van der Waals surface area contributed by atoms with Gasteiger partial charge in [-0.15, -0.1) is 0 Å². The van der Waals surface area contributed by atoms with Crippen molar-refractivity contribution in [2.24, 2.45) is 0 Å². The lowest BCUT2D eigenvalue weighted by Crippen LogP contribution is -2.47. The SMILES string of the molecule is CC(C)N1CCC(NC(=O)c2nc3ccccc3n2OCC(F)(F)F)CC1. The van der Waals surface area contributed by atoms with Crippen molar-refractivity contribution in [2.75, 3.05) is 19.7 Å². The fraction of sp³-hybridized carbons (Fsp3) is 0.556. The molecule has 0 spiro atoms. The Labute approximate surface area is 155 Å². The molecule has 0 atom stereocenters. The summed E-state index contributed by atoms with van der Waals surface area (Å²) in [5.41, 5.74) is 0.723. The summed E-state index contributed by atoms with van der Waals surface area (Å²) >= 11 is 0. The molecular weight excluding hydrogens is 361 g/mol. The van der Waals surface area contributed by atoms with Crippen molar-refractivity contribution in [3.8, 4) is 0 Å². The number of alkyl halides is 3. The number of halogens is 3. The average molecular weight is 384 g/mol. The lowest BCUT2D eigenvalue weighted by Gasteiger charge is -2.34. The van der Waals surface area contributed by atoms with E-state index in [0.717, 1.165) is 30.7 Å². The van der Waals surface area contributed by atoms with E-state index in [1.807, 2.05) is 0 Å². The van der Waals surface area contributed by atoms with Gasteiger partial charge >= 0.3 is 6.18 Å². The number of rotatable bonds is 5. The topological polar surface area (TPSA) is 59.4 Å². The Morgan fingerprint density at radius 1 is 1.30 bits per heavy atom. The van der Waals surface area contributed by atoms with Gasteiger partial charge < -0.3 is 15.1 Å². The number of aromatic nitrogens is 2. The molecule has 148 valence electrons. The first kappa shape index (κ1) is 19.5. The van der Waals surface area contributed by atoms with Crippen molar-refractivity contribution in [1.82, 2.24) is 19.9 Å². The standard InChI is InChI=1S/C18H23F3N4O2/c1-12(2)24-9-7-13(8-10-24)22-17(26)16-23-14-5-3-4-6-15(14)25(16)27-11-18(19,20)21/h3-6,12-13H,7-11H2,1-2H3,(H,22,26). The van der Waals surface area contributed by atoms with Gasteiger partial charge in [0, 0.05) is 25.2 Å². The molecule has 1 aromatic heterocycles. The lowest BCUT2D eigenvalue weighted by molar-refractivity contribution is -0.173. The second kappa shape index (κ2) is 7.75. The first-order valence-electron chi connectivity index (χ1n) is 8.97. The minimum atomic E-state index is -4.51. The molecule has 0 bridgehead atoms. The quantitative estimate of drug-likeness (QED) is 0.861. The maximum absolute atomic E-state index is 12.7. The number of piperidine rings is 1. The third-order valence-corrected chi connectivity index (χ3v) is 4.67. The van der Waals surface area contributed by atoms with E-state index in [2.05, 4.69) is 29.0 Å². The van der Waals surface area contributed by atoms with Crippen LogP contribution in [-0.2, 0) is 0 Å². The third-order valence-electron chi connectivity index (χ3n) is 4.67. The Bertz CT molecular complexity index is 795. The number of imidazole rings is 1. The van der Waals surface area contributed by atoms with Crippen molar-refractivity contribution in [2.45, 2.75) is 44.9 Å². The van der Waals surface area contributed by atoms with E-state index in [-0.39, 0.29) is 11.9 Å². The van der Waals surface area contributed by atoms with Crippen molar-refractivity contribution < 1.29 is 22.8 Å². The van der Waals surface area contributed by atoms with Gasteiger partial charge in [0.1, 0.15) is 5.52 Å². The molecule has 6 nitrogen and oxygen atoms in total. The average Bonchev–Trinajstić information content (AvgIpc) is 2.98. The van der Waals surface area contributed by atoms with Gasteiger partial charge in [-0.2, -0.15) is 17.9 Å². The maximum Gasteiger partial charge on any atom is 0.425 e. The number of hydrogen-bond donors (Lipinski definition) is 1. The summed E-state index contributed by atoms with van der Waals surface area (Å²) in [7, 11) is 0. The maximum atomic E-state index is 12.7. The van der Waals surface area contributed by atoms with Crippen molar-refractivity contribution in [3.05, 3.63) is 30.1 Å². The van der Waals surface area contributed by atoms with Crippen LogP contribution < -0.4 is 10.2 Å². The molecule has 1 saturated heterocycles. The molecule has 1 fully saturated rings. The molecule has 0 aliphatic carbocycles. The van der Waals surface area contributed by atoms with Crippen LogP contribution in [-0.4, -0.2) is 58.5 Å². The van der Waals surface area contributed by atoms with E-state index in [1.54, 1.807) is 24.3 Å². The number of nitrogens with one attached hydrogen (secondary N) is 1. The van der Waals surface area contributed by atoms with Crippen LogP contribution in [0.2, 0.25) is 0 Å². The molecule has 1 aliphatic rings. The van der Waals surface area contributed by atoms with Crippen molar-refractivity contribution >= 4 is 16.9 Å². The van der Waals surface area contributed by atoms with Crippen molar-refractivity contribution in [3.63, 3.8) is 0 Å². The highest BCUT2D eigenvalue weighted by atomic mass is 19.4. The Morgan fingerprint density at radius 2 is 1.96 bits per heavy atom. The number of nitrogens with zero attached hydrogens (tertiary/aromatic N) is 3. The Kier molecular flexibility index (Phi) is 5.59. The first-order chi connectivity index (χ1) is 12.7. The molecule has 9 heteroatoms. The highest BCUT2D eigenvalue weighted by molar-refractivity contribution is 5.94. The highest BCUT2D eigenvalue weighted by Crippen LogP contribution is 2.19. The molecular formula is C18H23F3N4O2. The van der Waals surface area contributed by atoms with E-state index in [0.29, 0.717) is 17.1 Å². The molecule has 1 N–H and O–H groups in total. The minimum absolute atomic E-state index is 0.0385. The predicted molar refractivity (Wildman–Crippen MR) is 94.4 cm³/mol. The number of hydrogen-bond acceptors (Lipinski definition) is 4. The van der Waals surface area contributed by atoms with Crippen molar-refractivity contribution in [1.29, 1.82) is 0 Å². The summed E-state index contributed by atoms with van der Waals surface area (Å²) in [6.07, 6.45) is -2.94. The summed E-state index contributed by atoms with van der Waals surface area (Å²) in [6.45, 7) is 4.48. The van der Waals surface area contributed by atoms with Gasteiger partial charge in [0.2, 0.25) is 12.4 Å². The second-order valence-electron chi connectivity index (χ2n) is 6.98. The fourth-order valence-corrected chi connectivity index (χ4v) is 3.23. The zero-order chi connectivity index (χ0) is 19.6. The highest BCUT2D eigenvalue weighted by Gasteiger charge is 2.31. The van der Waals surface area contributed by atoms with Gasteiger partial charge in [0.05, 0.1) is 5.52 Å². The van der Waals surface area contributed by atoms with E-state index >= 15 is 0 Å². The zero-order valence-corrected chi connectivity index (χ0v) is 15.3. The number of carbonyl (C=O) groups excluding carboxylic acids is 1. The molecule has 0 radical (unpaired) electrons. The molecule has 2 heterocycles. The molecule has 2 aromatic rings. The van der Waals surface area contributed by atoms with Gasteiger partial charge in [-0.25, -0.2) is 4.98 Å². The number of amides is 1. The molecule has 27 heavy (non-hydrogen) atoms. The van der Waals surface area contributed by atoms with Gasteiger partial charge in [0.15, 0.2) is 0 Å². The Hall–Kier alpha value is -2.29. The summed E-state index contributed by atoms with van der Waals surface area (Å²) in [5.74, 6) is -0.705. The lowest BCUT2D eigenvalue weighted by atomic mass is 10.0. The normalized spacial score (nSPS) is 16.8. The van der Waals surface area contributed by atoms with Crippen LogP contribution in [0.5, 0.6) is 0 Å². The van der Waals surface area contributed by atoms with E-state index in [4.69, 9.17) is 4.84 Å². The summed E-state index contributed by atoms with van der Waals surface area (Å²) in [5, 5.41) is 2.88. The minimum Gasteiger partial charge on any atom is -0.402 e. The van der Waals surface area contributed by atoms with Crippen LogP contribution in [0.1, 0.15) is 37.3 Å². The van der Waals surface area contributed by atoms with E-state index < -0.39 is 18.7 Å². The van der Waals surface area contributed by atoms with Gasteiger partial charge in [-0.05, 0) is 38.8 Å². The summed E-state index contributed by atoms with van der Waals surface area (Å²) < 4.78 is 38.6. The van der Waals surface area contributed by atoms with Gasteiger partial charge in [0.25, 0.3) is 5.91 Å². The number of fused-ring (bicyclic) bond motifs is 1. The van der Waals surface area contributed by atoms with Crippen LogP contribution in [0.3, 0.4) is 0 Å². The molecule has 1 amide bonds. The molecule has 0 saturated carbocycles. The van der Waals surface area contributed by atoms with E-state index in [1.165, 1.54) is 0 Å². The number of benzene rings is 1. The Morgan fingerprint density at radius 3 is 2.59 bits per heavy atom. The van der Waals surface area contributed by atoms with Crippen LogP contribution in [0.4, 0.5) is 13.2 Å². The Balaban J connectivity index is 1.76. The van der Waals surface area contributed by atoms with Crippen LogP contribution in [0, 0.1) is 0 Å². The van der Waals surface area contributed by atoms with E-state index in [9.17, 15) is 18.0 Å². The van der Waals surface area contributed by atoms with Gasteiger partial charge in [-0.1, -0.05) is 12.1 Å².